The smallest absolute Gasteiger partial charge is 0.251 e. The van der Waals surface area contributed by atoms with E-state index in [2.05, 4.69) is 10.7 Å². The van der Waals surface area contributed by atoms with Crippen LogP contribution in [0.25, 0.3) is 0 Å². The first-order chi connectivity index (χ1) is 8.70. The molecule has 0 aliphatic carbocycles. The maximum atomic E-state index is 12.0. The number of rotatable bonds is 4. The van der Waals surface area contributed by atoms with Crippen LogP contribution in [0.5, 0.6) is 0 Å². The first-order valence-corrected chi connectivity index (χ1v) is 5.58. The average Bonchev–Trinajstić information content (AvgIpc) is 2.88. The number of nitrogens with one attached hydrogen (secondary N) is 2. The highest BCUT2D eigenvalue weighted by molar-refractivity contribution is 5.95. The fraction of sp³-hybridized carbons (Fsp3) is 0.154. The van der Waals surface area contributed by atoms with E-state index in [1.807, 2.05) is 19.1 Å². The predicted molar refractivity (Wildman–Crippen MR) is 68.9 cm³/mol. The Balaban J connectivity index is 2.04. The molecule has 2 aromatic rings. The Morgan fingerprint density at radius 3 is 2.83 bits per heavy atom. The number of carbonyl (C=O) groups excluding carboxylic acids is 1. The van der Waals surface area contributed by atoms with Gasteiger partial charge in [-0.3, -0.25) is 10.6 Å². The van der Waals surface area contributed by atoms with Gasteiger partial charge in [-0.1, -0.05) is 0 Å². The minimum absolute atomic E-state index is 0.132. The zero-order valence-corrected chi connectivity index (χ0v) is 10.1. The summed E-state index contributed by atoms with van der Waals surface area (Å²) in [6.07, 6.45) is 1.58. The summed E-state index contributed by atoms with van der Waals surface area (Å²) in [5, 5.41) is 2.80. The van der Waals surface area contributed by atoms with Gasteiger partial charge in [0.1, 0.15) is 5.76 Å². The van der Waals surface area contributed by atoms with Crippen LogP contribution in [0.2, 0.25) is 0 Å². The van der Waals surface area contributed by atoms with Crippen molar-refractivity contribution >= 4 is 11.6 Å². The van der Waals surface area contributed by atoms with Gasteiger partial charge in [0.15, 0.2) is 0 Å². The quantitative estimate of drug-likeness (QED) is 0.567. The molecular weight excluding hydrogens is 230 g/mol. The van der Waals surface area contributed by atoms with Crippen LogP contribution in [-0.2, 0) is 6.54 Å². The number of carbonyl (C=O) groups is 1. The molecule has 2 rings (SSSR count). The number of amides is 1. The topological polar surface area (TPSA) is 80.3 Å². The molecule has 0 radical (unpaired) electrons. The highest BCUT2D eigenvalue weighted by Gasteiger charge is 2.09. The van der Waals surface area contributed by atoms with Crippen LogP contribution in [-0.4, -0.2) is 5.91 Å². The zero-order chi connectivity index (χ0) is 13.0. The lowest BCUT2D eigenvalue weighted by Crippen LogP contribution is -2.23. The predicted octanol–water partition coefficient (Wildman–Crippen LogP) is 1.80. The van der Waals surface area contributed by atoms with Crippen LogP contribution in [0.1, 0.15) is 21.7 Å². The van der Waals surface area contributed by atoms with E-state index in [0.717, 1.165) is 17.0 Å². The summed E-state index contributed by atoms with van der Waals surface area (Å²) >= 11 is 0. The number of benzene rings is 1. The van der Waals surface area contributed by atoms with E-state index in [9.17, 15) is 4.79 Å². The highest BCUT2D eigenvalue weighted by Crippen LogP contribution is 2.14. The summed E-state index contributed by atoms with van der Waals surface area (Å²) in [6, 6.07) is 8.92. The van der Waals surface area contributed by atoms with Crippen molar-refractivity contribution in [1.29, 1.82) is 0 Å². The lowest BCUT2D eigenvalue weighted by atomic mass is 10.1. The number of anilines is 1. The van der Waals surface area contributed by atoms with Crippen LogP contribution in [0.3, 0.4) is 0 Å². The Bertz CT molecular complexity index is 535. The molecular formula is C13H15N3O2. The normalized spacial score (nSPS) is 10.1. The minimum Gasteiger partial charge on any atom is -0.467 e. The van der Waals surface area contributed by atoms with E-state index in [1.165, 1.54) is 0 Å². The Hall–Kier alpha value is -2.27. The maximum Gasteiger partial charge on any atom is 0.251 e. The van der Waals surface area contributed by atoms with E-state index in [0.29, 0.717) is 12.1 Å². The Labute approximate surface area is 105 Å². The van der Waals surface area contributed by atoms with Gasteiger partial charge in [-0.15, -0.1) is 0 Å². The minimum atomic E-state index is -0.132. The van der Waals surface area contributed by atoms with Crippen molar-refractivity contribution in [3.63, 3.8) is 0 Å². The standard InChI is InChI=1S/C13H15N3O2/c1-9-7-10(16-14)4-5-12(9)13(17)15-8-11-3-2-6-18-11/h2-7,16H,8,14H2,1H3,(H,15,17). The van der Waals surface area contributed by atoms with Crippen LogP contribution in [0.4, 0.5) is 5.69 Å². The molecule has 0 bridgehead atoms. The molecule has 0 fully saturated rings. The number of hydrogen-bond acceptors (Lipinski definition) is 4. The summed E-state index contributed by atoms with van der Waals surface area (Å²) < 4.78 is 5.15. The van der Waals surface area contributed by atoms with Crippen LogP contribution >= 0.6 is 0 Å². The summed E-state index contributed by atoms with van der Waals surface area (Å²) in [5.41, 5.74) is 4.80. The van der Waals surface area contributed by atoms with Crippen molar-refractivity contribution in [2.24, 2.45) is 5.84 Å². The second-order valence-corrected chi connectivity index (χ2v) is 3.94. The van der Waals surface area contributed by atoms with Crippen molar-refractivity contribution < 1.29 is 9.21 Å². The molecule has 0 unspecified atom stereocenters. The van der Waals surface area contributed by atoms with Crippen molar-refractivity contribution in [2.45, 2.75) is 13.5 Å². The van der Waals surface area contributed by atoms with Gasteiger partial charge in [0.2, 0.25) is 0 Å². The van der Waals surface area contributed by atoms with Gasteiger partial charge in [0.25, 0.3) is 5.91 Å². The van der Waals surface area contributed by atoms with Gasteiger partial charge in [0.05, 0.1) is 12.8 Å². The van der Waals surface area contributed by atoms with Crippen LogP contribution in [0, 0.1) is 6.92 Å². The molecule has 1 aromatic carbocycles. The lowest BCUT2D eigenvalue weighted by Gasteiger charge is -2.08. The largest absolute Gasteiger partial charge is 0.467 e. The van der Waals surface area contributed by atoms with Gasteiger partial charge in [-0.25, -0.2) is 0 Å². The van der Waals surface area contributed by atoms with Gasteiger partial charge >= 0.3 is 0 Å². The maximum absolute atomic E-state index is 12.0. The molecule has 4 N–H and O–H groups in total. The number of nitrogen functional groups attached to an aromatic ring is 1. The monoisotopic (exact) mass is 245 g/mol. The molecule has 1 aromatic heterocycles. The number of hydrogen-bond donors (Lipinski definition) is 3. The molecule has 0 spiro atoms. The zero-order valence-electron chi connectivity index (χ0n) is 10.1. The third-order valence-electron chi connectivity index (χ3n) is 2.64. The average molecular weight is 245 g/mol. The highest BCUT2D eigenvalue weighted by atomic mass is 16.3. The molecule has 0 atom stereocenters. The molecule has 5 heteroatoms. The molecule has 0 aliphatic rings. The summed E-state index contributed by atoms with van der Waals surface area (Å²) in [5.74, 6) is 5.90. The number of nitrogens with two attached hydrogens (primary N) is 1. The van der Waals surface area contributed by atoms with E-state index in [4.69, 9.17) is 10.3 Å². The molecule has 5 nitrogen and oxygen atoms in total. The van der Waals surface area contributed by atoms with E-state index >= 15 is 0 Å². The second kappa shape index (κ2) is 5.37. The van der Waals surface area contributed by atoms with Crippen molar-refractivity contribution in [1.82, 2.24) is 5.32 Å². The van der Waals surface area contributed by atoms with E-state index in [1.54, 1.807) is 24.5 Å². The van der Waals surface area contributed by atoms with Crippen molar-refractivity contribution in [3.8, 4) is 0 Å². The van der Waals surface area contributed by atoms with Crippen molar-refractivity contribution in [3.05, 3.63) is 53.5 Å². The third kappa shape index (κ3) is 2.70. The van der Waals surface area contributed by atoms with E-state index < -0.39 is 0 Å². The van der Waals surface area contributed by atoms with Gasteiger partial charge in [0, 0.05) is 11.3 Å². The SMILES string of the molecule is Cc1cc(NN)ccc1C(=O)NCc1ccco1. The summed E-state index contributed by atoms with van der Waals surface area (Å²) in [6.45, 7) is 2.24. The molecule has 1 amide bonds. The summed E-state index contributed by atoms with van der Waals surface area (Å²) in [4.78, 5) is 12.0. The second-order valence-electron chi connectivity index (χ2n) is 3.94. The first kappa shape index (κ1) is 12.2. The molecule has 94 valence electrons. The third-order valence-corrected chi connectivity index (χ3v) is 2.64. The number of furan rings is 1. The molecule has 0 aliphatic heterocycles. The van der Waals surface area contributed by atoms with E-state index in [-0.39, 0.29) is 5.91 Å². The van der Waals surface area contributed by atoms with Gasteiger partial charge in [-0.05, 0) is 42.8 Å². The van der Waals surface area contributed by atoms with Crippen LogP contribution in [0.15, 0.2) is 41.0 Å². The molecule has 1 heterocycles. The lowest BCUT2D eigenvalue weighted by molar-refractivity contribution is 0.0947. The van der Waals surface area contributed by atoms with Crippen molar-refractivity contribution in [2.75, 3.05) is 5.43 Å². The number of hydrazine groups is 1. The fourth-order valence-electron chi connectivity index (χ4n) is 1.68. The molecule has 0 saturated carbocycles. The molecule has 18 heavy (non-hydrogen) atoms. The Morgan fingerprint density at radius 1 is 1.39 bits per heavy atom. The molecule has 0 saturated heterocycles. The Morgan fingerprint density at radius 2 is 2.22 bits per heavy atom. The van der Waals surface area contributed by atoms with Gasteiger partial charge in [-0.2, -0.15) is 0 Å². The first-order valence-electron chi connectivity index (χ1n) is 5.58. The summed E-state index contributed by atoms with van der Waals surface area (Å²) in [7, 11) is 0. The van der Waals surface area contributed by atoms with Crippen LogP contribution < -0.4 is 16.6 Å². The fourth-order valence-corrected chi connectivity index (χ4v) is 1.68. The number of aryl methyl sites for hydroxylation is 1. The Kier molecular flexibility index (Phi) is 3.64. The van der Waals surface area contributed by atoms with Gasteiger partial charge < -0.3 is 15.2 Å².